The maximum atomic E-state index is 5.91. The van der Waals surface area contributed by atoms with E-state index in [2.05, 4.69) is 29.9 Å². The van der Waals surface area contributed by atoms with Crippen LogP contribution < -0.4 is 0 Å². The zero-order valence-electron chi connectivity index (χ0n) is 8.84. The second-order valence-corrected chi connectivity index (χ2v) is 5.33. The van der Waals surface area contributed by atoms with E-state index in [0.717, 1.165) is 17.1 Å². The molecule has 0 saturated heterocycles. The molecule has 2 rings (SSSR count). The van der Waals surface area contributed by atoms with Crippen LogP contribution in [0.1, 0.15) is 15.4 Å². The van der Waals surface area contributed by atoms with Crippen molar-refractivity contribution in [3.63, 3.8) is 0 Å². The van der Waals surface area contributed by atoms with Crippen molar-refractivity contribution in [3.05, 3.63) is 32.7 Å². The summed E-state index contributed by atoms with van der Waals surface area (Å²) in [7, 11) is 0. The molecule has 0 unspecified atom stereocenters. The van der Waals surface area contributed by atoms with Gasteiger partial charge in [0.2, 0.25) is 0 Å². The third-order valence-corrected chi connectivity index (χ3v) is 3.26. The molecule has 0 bridgehead atoms. The molecule has 2 aromatic rings. The monoisotopic (exact) mass is 238 g/mol. The Hall–Kier alpha value is -0.930. The van der Waals surface area contributed by atoms with Crippen LogP contribution in [0, 0.1) is 20.8 Å². The van der Waals surface area contributed by atoms with Gasteiger partial charge in [0.1, 0.15) is 5.15 Å². The van der Waals surface area contributed by atoms with Gasteiger partial charge in [0, 0.05) is 21.0 Å². The van der Waals surface area contributed by atoms with Crippen molar-refractivity contribution >= 4 is 22.9 Å². The number of aryl methyl sites for hydroxylation is 3. The summed E-state index contributed by atoms with van der Waals surface area (Å²) >= 11 is 7.66. The first kappa shape index (κ1) is 10.6. The number of halogens is 1. The molecule has 0 amide bonds. The molecule has 2 heterocycles. The third kappa shape index (κ3) is 2.19. The molecule has 0 aromatic carbocycles. The summed E-state index contributed by atoms with van der Waals surface area (Å²) in [6.45, 7) is 6.08. The summed E-state index contributed by atoms with van der Waals surface area (Å²) in [6, 6.07) is 3.87. The highest BCUT2D eigenvalue weighted by atomic mass is 35.5. The molecule has 0 aliphatic heterocycles. The minimum Gasteiger partial charge on any atom is -0.233 e. The lowest BCUT2D eigenvalue weighted by Crippen LogP contribution is -1.91. The molecule has 0 aliphatic carbocycles. The van der Waals surface area contributed by atoms with Crippen LogP contribution in [0.5, 0.6) is 0 Å². The lowest BCUT2D eigenvalue weighted by molar-refractivity contribution is 1.11. The molecule has 78 valence electrons. The Kier molecular flexibility index (Phi) is 2.76. The van der Waals surface area contributed by atoms with Crippen molar-refractivity contribution in [1.29, 1.82) is 0 Å². The Balaban J connectivity index is 2.58. The van der Waals surface area contributed by atoms with Crippen molar-refractivity contribution in [2.24, 2.45) is 0 Å². The van der Waals surface area contributed by atoms with Crippen molar-refractivity contribution in [2.75, 3.05) is 0 Å². The SMILES string of the molecule is Cc1cc(Cl)nc(-c2cc(C)sc2C)n1. The lowest BCUT2D eigenvalue weighted by atomic mass is 10.2. The topological polar surface area (TPSA) is 25.8 Å². The zero-order chi connectivity index (χ0) is 11.0. The van der Waals surface area contributed by atoms with Gasteiger partial charge < -0.3 is 0 Å². The van der Waals surface area contributed by atoms with E-state index < -0.39 is 0 Å². The van der Waals surface area contributed by atoms with Crippen molar-refractivity contribution in [2.45, 2.75) is 20.8 Å². The van der Waals surface area contributed by atoms with Gasteiger partial charge in [0.05, 0.1) is 0 Å². The van der Waals surface area contributed by atoms with Gasteiger partial charge in [0.15, 0.2) is 5.82 Å². The van der Waals surface area contributed by atoms with Crippen LogP contribution in [0.2, 0.25) is 5.15 Å². The molecular weight excluding hydrogens is 228 g/mol. The van der Waals surface area contributed by atoms with Gasteiger partial charge in [-0.15, -0.1) is 11.3 Å². The maximum absolute atomic E-state index is 5.91. The van der Waals surface area contributed by atoms with Gasteiger partial charge in [-0.3, -0.25) is 0 Å². The summed E-state index contributed by atoms with van der Waals surface area (Å²) in [5.41, 5.74) is 1.98. The predicted octanol–water partition coefficient (Wildman–Crippen LogP) is 3.78. The first-order chi connectivity index (χ1) is 7.06. The number of aromatic nitrogens is 2. The Morgan fingerprint density at radius 3 is 2.40 bits per heavy atom. The van der Waals surface area contributed by atoms with Gasteiger partial charge in [0.25, 0.3) is 0 Å². The minimum absolute atomic E-state index is 0.501. The number of rotatable bonds is 1. The van der Waals surface area contributed by atoms with E-state index in [4.69, 9.17) is 11.6 Å². The fourth-order valence-corrected chi connectivity index (χ4v) is 2.66. The van der Waals surface area contributed by atoms with Gasteiger partial charge in [-0.1, -0.05) is 11.6 Å². The first-order valence-corrected chi connectivity index (χ1v) is 5.84. The second-order valence-electron chi connectivity index (χ2n) is 3.48. The number of thiophene rings is 1. The predicted molar refractivity (Wildman–Crippen MR) is 64.6 cm³/mol. The highest BCUT2D eigenvalue weighted by Gasteiger charge is 2.09. The van der Waals surface area contributed by atoms with E-state index in [1.54, 1.807) is 17.4 Å². The van der Waals surface area contributed by atoms with Crippen LogP contribution in [0.4, 0.5) is 0 Å². The molecule has 0 N–H and O–H groups in total. The van der Waals surface area contributed by atoms with E-state index >= 15 is 0 Å². The maximum Gasteiger partial charge on any atom is 0.162 e. The van der Waals surface area contributed by atoms with E-state index in [-0.39, 0.29) is 0 Å². The Morgan fingerprint density at radius 2 is 1.87 bits per heavy atom. The standard InChI is InChI=1S/C11H11ClN2S/c1-6-4-10(12)14-11(13-6)9-5-7(2)15-8(9)3/h4-5H,1-3H3. The van der Waals surface area contributed by atoms with Gasteiger partial charge >= 0.3 is 0 Å². The van der Waals surface area contributed by atoms with Crippen molar-refractivity contribution < 1.29 is 0 Å². The molecule has 0 atom stereocenters. The first-order valence-electron chi connectivity index (χ1n) is 4.65. The number of hydrogen-bond donors (Lipinski definition) is 0. The van der Waals surface area contributed by atoms with Crippen LogP contribution in [0.15, 0.2) is 12.1 Å². The molecule has 0 aliphatic rings. The van der Waals surface area contributed by atoms with Gasteiger partial charge in [-0.25, -0.2) is 9.97 Å². The van der Waals surface area contributed by atoms with Crippen LogP contribution in [0.3, 0.4) is 0 Å². The quantitative estimate of drug-likeness (QED) is 0.707. The Bertz CT molecular complexity index is 485. The molecule has 2 nitrogen and oxygen atoms in total. The molecule has 4 heteroatoms. The largest absolute Gasteiger partial charge is 0.233 e. The summed E-state index contributed by atoms with van der Waals surface area (Å²) in [6.07, 6.45) is 0. The smallest absolute Gasteiger partial charge is 0.162 e. The van der Waals surface area contributed by atoms with Crippen LogP contribution in [-0.2, 0) is 0 Å². The van der Waals surface area contributed by atoms with Crippen LogP contribution >= 0.6 is 22.9 Å². The number of hydrogen-bond acceptors (Lipinski definition) is 3. The summed E-state index contributed by atoms with van der Waals surface area (Å²) in [4.78, 5) is 11.1. The summed E-state index contributed by atoms with van der Waals surface area (Å²) in [5, 5.41) is 0.501. The zero-order valence-corrected chi connectivity index (χ0v) is 10.4. The fraction of sp³-hybridized carbons (Fsp3) is 0.273. The van der Waals surface area contributed by atoms with Gasteiger partial charge in [-0.05, 0) is 32.9 Å². The van der Waals surface area contributed by atoms with E-state index in [0.29, 0.717) is 5.15 Å². The van der Waals surface area contributed by atoms with E-state index in [1.165, 1.54) is 9.75 Å². The molecule has 15 heavy (non-hydrogen) atoms. The van der Waals surface area contributed by atoms with Crippen LogP contribution in [0.25, 0.3) is 11.4 Å². The third-order valence-electron chi connectivity index (χ3n) is 2.10. The summed E-state index contributed by atoms with van der Waals surface area (Å²) < 4.78 is 0. The molecular formula is C11H11ClN2S. The molecule has 0 radical (unpaired) electrons. The minimum atomic E-state index is 0.501. The van der Waals surface area contributed by atoms with Crippen molar-refractivity contribution in [1.82, 2.24) is 9.97 Å². The second kappa shape index (κ2) is 3.91. The normalized spacial score (nSPS) is 10.7. The Labute approximate surface area is 98.0 Å². The van der Waals surface area contributed by atoms with Crippen molar-refractivity contribution in [3.8, 4) is 11.4 Å². The average Bonchev–Trinajstić information content (AvgIpc) is 2.43. The van der Waals surface area contributed by atoms with Gasteiger partial charge in [-0.2, -0.15) is 0 Å². The highest BCUT2D eigenvalue weighted by Crippen LogP contribution is 2.28. The fourth-order valence-electron chi connectivity index (χ4n) is 1.50. The highest BCUT2D eigenvalue weighted by molar-refractivity contribution is 7.12. The molecule has 2 aromatic heterocycles. The molecule has 0 saturated carbocycles. The van der Waals surface area contributed by atoms with E-state index in [9.17, 15) is 0 Å². The van der Waals surface area contributed by atoms with Crippen LogP contribution in [-0.4, -0.2) is 9.97 Å². The average molecular weight is 239 g/mol. The molecule has 0 spiro atoms. The molecule has 0 fully saturated rings. The Morgan fingerprint density at radius 1 is 1.13 bits per heavy atom. The number of nitrogens with zero attached hydrogens (tertiary/aromatic N) is 2. The van der Waals surface area contributed by atoms with E-state index in [1.807, 2.05) is 6.92 Å². The lowest BCUT2D eigenvalue weighted by Gasteiger charge is -2.00. The summed E-state index contributed by atoms with van der Waals surface area (Å²) in [5.74, 6) is 0.724.